The highest BCUT2D eigenvalue weighted by Crippen LogP contribution is 2.25. The normalized spacial score (nSPS) is 13.8. The number of anilines is 1. The van der Waals surface area contributed by atoms with E-state index in [9.17, 15) is 9.59 Å². The molecule has 28 heavy (non-hydrogen) atoms. The molecule has 0 spiro atoms. The first-order chi connectivity index (χ1) is 13.6. The summed E-state index contributed by atoms with van der Waals surface area (Å²) in [5.41, 5.74) is 3.22. The zero-order chi connectivity index (χ0) is 19.9. The number of β-amino-alcohol motifs (C(OH)–C–C–N with tert-alkyl or cyclic N) is 1. The number of carbonyl (C=O) groups is 2. The number of benzene rings is 1. The van der Waals surface area contributed by atoms with Gasteiger partial charge in [0.05, 0.1) is 25.8 Å². The molecule has 146 valence electrons. The fourth-order valence-electron chi connectivity index (χ4n) is 3.15. The Hall–Kier alpha value is -3.19. The molecule has 0 bridgehead atoms. The summed E-state index contributed by atoms with van der Waals surface area (Å²) in [7, 11) is 1.28. The molecule has 7 heteroatoms. The summed E-state index contributed by atoms with van der Waals surface area (Å²) in [5, 5.41) is 12.3. The largest absolute Gasteiger partial charge is 0.466 e. The summed E-state index contributed by atoms with van der Waals surface area (Å²) in [6.07, 6.45) is 3.25. The van der Waals surface area contributed by atoms with Crippen molar-refractivity contribution >= 4 is 17.6 Å². The predicted octanol–water partition coefficient (Wildman–Crippen LogP) is 1.54. The van der Waals surface area contributed by atoms with Crippen molar-refractivity contribution in [1.29, 1.82) is 0 Å². The molecule has 0 fully saturated rings. The van der Waals surface area contributed by atoms with Crippen LogP contribution in [0.25, 0.3) is 0 Å². The Morgan fingerprint density at radius 3 is 2.71 bits per heavy atom. The minimum Gasteiger partial charge on any atom is -0.466 e. The van der Waals surface area contributed by atoms with Crippen molar-refractivity contribution in [1.82, 2.24) is 9.88 Å². The quantitative estimate of drug-likeness (QED) is 0.674. The van der Waals surface area contributed by atoms with Crippen molar-refractivity contribution in [2.45, 2.75) is 12.8 Å². The van der Waals surface area contributed by atoms with Gasteiger partial charge in [-0.15, -0.1) is 0 Å². The van der Waals surface area contributed by atoms with Gasteiger partial charge in [0.15, 0.2) is 0 Å². The number of aliphatic hydroxyl groups excluding tert-OH is 1. The summed E-state index contributed by atoms with van der Waals surface area (Å²) in [6.45, 7) is 0.102. The summed E-state index contributed by atoms with van der Waals surface area (Å²) in [5.74, 6) is -0.878. The maximum atomic E-state index is 12.7. The number of amides is 1. The molecule has 2 aromatic rings. The van der Waals surface area contributed by atoms with Crippen molar-refractivity contribution < 1.29 is 19.4 Å². The molecule has 7 nitrogen and oxygen atoms in total. The van der Waals surface area contributed by atoms with Gasteiger partial charge >= 0.3 is 5.97 Å². The van der Waals surface area contributed by atoms with Crippen LogP contribution in [0, 0.1) is 0 Å². The number of methoxy groups -OCH3 is 1. The van der Waals surface area contributed by atoms with E-state index >= 15 is 0 Å². The van der Waals surface area contributed by atoms with Crippen LogP contribution >= 0.6 is 0 Å². The second-order valence-electron chi connectivity index (χ2n) is 6.40. The lowest BCUT2D eigenvalue weighted by Gasteiger charge is -2.16. The second kappa shape index (κ2) is 9.14. The number of carbonyl (C=O) groups excluding carboxylic acids is 2. The standard InChI is InChI=1S/C21H23N3O4/c1-28-21(27)17-14-24(12-13-25)20(26)19(17)23-18-8-3-2-6-15(18)9-10-16-7-4-5-11-22-16/h2-8,11,23,25H,9-10,12-14H2,1H3. The number of ether oxygens (including phenoxy) is 1. The highest BCUT2D eigenvalue weighted by atomic mass is 16.5. The van der Waals surface area contributed by atoms with Gasteiger partial charge in [0.1, 0.15) is 5.70 Å². The van der Waals surface area contributed by atoms with Crippen LogP contribution in [0.4, 0.5) is 5.69 Å². The van der Waals surface area contributed by atoms with Crippen molar-refractivity contribution in [3.05, 3.63) is 71.2 Å². The number of aryl methyl sites for hydroxylation is 2. The first-order valence-corrected chi connectivity index (χ1v) is 9.10. The molecule has 0 saturated carbocycles. The third-order valence-corrected chi connectivity index (χ3v) is 4.61. The molecule has 0 aliphatic carbocycles. The lowest BCUT2D eigenvalue weighted by molar-refractivity contribution is -0.136. The first-order valence-electron chi connectivity index (χ1n) is 9.10. The van der Waals surface area contributed by atoms with Crippen LogP contribution in [-0.2, 0) is 27.2 Å². The Labute approximate surface area is 163 Å². The number of nitrogens with zero attached hydrogens (tertiary/aromatic N) is 2. The van der Waals surface area contributed by atoms with Crippen molar-refractivity contribution in [3.8, 4) is 0 Å². The van der Waals surface area contributed by atoms with Gasteiger partial charge in [-0.05, 0) is 36.6 Å². The number of pyridine rings is 1. The first kappa shape index (κ1) is 19.6. The summed E-state index contributed by atoms with van der Waals surface area (Å²) < 4.78 is 4.83. The Morgan fingerprint density at radius 2 is 2.00 bits per heavy atom. The molecule has 0 unspecified atom stereocenters. The molecular formula is C21H23N3O4. The lowest BCUT2D eigenvalue weighted by Crippen LogP contribution is -2.31. The smallest absolute Gasteiger partial charge is 0.337 e. The number of para-hydroxylation sites is 1. The molecule has 0 radical (unpaired) electrons. The fourth-order valence-corrected chi connectivity index (χ4v) is 3.15. The molecule has 1 aliphatic heterocycles. The third kappa shape index (κ3) is 4.37. The monoisotopic (exact) mass is 381 g/mol. The fraction of sp³-hybridized carbons (Fsp3) is 0.286. The Morgan fingerprint density at radius 1 is 1.21 bits per heavy atom. The van der Waals surface area contributed by atoms with Gasteiger partial charge in [0.25, 0.3) is 5.91 Å². The van der Waals surface area contributed by atoms with Gasteiger partial charge < -0.3 is 20.1 Å². The summed E-state index contributed by atoms with van der Waals surface area (Å²) >= 11 is 0. The van der Waals surface area contributed by atoms with E-state index in [2.05, 4.69) is 10.3 Å². The molecular weight excluding hydrogens is 358 g/mol. The van der Waals surface area contributed by atoms with E-state index in [0.717, 1.165) is 29.8 Å². The minimum absolute atomic E-state index is 0.116. The van der Waals surface area contributed by atoms with Crippen LogP contribution in [0.15, 0.2) is 59.9 Å². The average molecular weight is 381 g/mol. The van der Waals surface area contributed by atoms with Gasteiger partial charge in [0.2, 0.25) is 0 Å². The molecule has 2 heterocycles. The molecule has 1 aromatic heterocycles. The number of esters is 1. The lowest BCUT2D eigenvalue weighted by atomic mass is 10.1. The van der Waals surface area contributed by atoms with Crippen LogP contribution < -0.4 is 5.32 Å². The van der Waals surface area contributed by atoms with E-state index in [4.69, 9.17) is 9.84 Å². The van der Waals surface area contributed by atoms with E-state index < -0.39 is 5.97 Å². The minimum atomic E-state index is -0.553. The van der Waals surface area contributed by atoms with Crippen LogP contribution in [0.5, 0.6) is 0 Å². The number of aliphatic hydroxyl groups is 1. The number of hydrogen-bond acceptors (Lipinski definition) is 6. The number of nitrogens with one attached hydrogen (secondary N) is 1. The SMILES string of the molecule is COC(=O)C1=C(Nc2ccccc2CCc2ccccn2)C(=O)N(CCO)C1. The molecule has 1 aromatic carbocycles. The van der Waals surface area contributed by atoms with E-state index in [0.29, 0.717) is 0 Å². The highest BCUT2D eigenvalue weighted by Gasteiger charge is 2.34. The van der Waals surface area contributed by atoms with E-state index in [1.54, 1.807) is 6.20 Å². The second-order valence-corrected chi connectivity index (χ2v) is 6.40. The number of hydrogen-bond donors (Lipinski definition) is 2. The summed E-state index contributed by atoms with van der Waals surface area (Å²) in [6, 6.07) is 13.5. The number of rotatable bonds is 8. The Balaban J connectivity index is 1.83. The van der Waals surface area contributed by atoms with Crippen LogP contribution in [0.3, 0.4) is 0 Å². The molecule has 3 rings (SSSR count). The summed E-state index contributed by atoms with van der Waals surface area (Å²) in [4.78, 5) is 30.6. The van der Waals surface area contributed by atoms with Crippen molar-refractivity contribution in [2.24, 2.45) is 0 Å². The van der Waals surface area contributed by atoms with Gasteiger partial charge in [-0.2, -0.15) is 0 Å². The maximum absolute atomic E-state index is 12.7. The van der Waals surface area contributed by atoms with Gasteiger partial charge in [-0.1, -0.05) is 24.3 Å². The molecule has 2 N–H and O–H groups in total. The highest BCUT2D eigenvalue weighted by molar-refractivity contribution is 6.08. The van der Waals surface area contributed by atoms with Gasteiger partial charge in [0, 0.05) is 24.1 Å². The zero-order valence-electron chi connectivity index (χ0n) is 15.7. The third-order valence-electron chi connectivity index (χ3n) is 4.61. The molecule has 1 aliphatic rings. The number of aromatic nitrogens is 1. The Bertz CT molecular complexity index is 880. The van der Waals surface area contributed by atoms with Crippen LogP contribution in [0.1, 0.15) is 11.3 Å². The topological polar surface area (TPSA) is 91.8 Å². The Kier molecular flexibility index (Phi) is 6.39. The van der Waals surface area contributed by atoms with Gasteiger partial charge in [-0.3, -0.25) is 9.78 Å². The zero-order valence-corrected chi connectivity index (χ0v) is 15.7. The van der Waals surface area contributed by atoms with E-state index in [1.165, 1.54) is 12.0 Å². The predicted molar refractivity (Wildman–Crippen MR) is 104 cm³/mol. The van der Waals surface area contributed by atoms with E-state index in [1.807, 2.05) is 42.5 Å². The maximum Gasteiger partial charge on any atom is 0.337 e. The van der Waals surface area contributed by atoms with Crippen LogP contribution in [-0.4, -0.2) is 53.7 Å². The molecule has 1 amide bonds. The van der Waals surface area contributed by atoms with Crippen molar-refractivity contribution in [3.63, 3.8) is 0 Å². The molecule has 0 atom stereocenters. The van der Waals surface area contributed by atoms with E-state index in [-0.39, 0.29) is 36.9 Å². The van der Waals surface area contributed by atoms with Gasteiger partial charge in [-0.25, -0.2) is 4.79 Å². The molecule has 0 saturated heterocycles. The van der Waals surface area contributed by atoms with Crippen molar-refractivity contribution in [2.75, 3.05) is 32.1 Å². The average Bonchev–Trinajstić information content (AvgIpc) is 3.03. The van der Waals surface area contributed by atoms with Crippen LogP contribution in [0.2, 0.25) is 0 Å².